The molecular formula is C40H37FNO8S+. The summed E-state index contributed by atoms with van der Waals surface area (Å²) in [5, 5.41) is 11.1. The van der Waals surface area contributed by atoms with Gasteiger partial charge >= 0.3 is 11.9 Å². The highest BCUT2D eigenvalue weighted by Crippen LogP contribution is 2.36. The normalized spacial score (nSPS) is 11.5. The van der Waals surface area contributed by atoms with E-state index in [4.69, 9.17) is 18.9 Å². The van der Waals surface area contributed by atoms with Gasteiger partial charge in [-0.1, -0.05) is 48.5 Å². The molecule has 5 aromatic rings. The third-order valence-corrected chi connectivity index (χ3v) is 10.0. The Bertz CT molecular complexity index is 1930. The molecule has 262 valence electrons. The Morgan fingerprint density at radius 2 is 1.04 bits per heavy atom. The summed E-state index contributed by atoms with van der Waals surface area (Å²) in [6.07, 6.45) is 0. The molecule has 11 heteroatoms. The summed E-state index contributed by atoms with van der Waals surface area (Å²) < 4.78 is 36.8. The van der Waals surface area contributed by atoms with Gasteiger partial charge in [-0.3, -0.25) is 10.1 Å². The van der Waals surface area contributed by atoms with Gasteiger partial charge in [-0.15, -0.1) is 0 Å². The molecule has 0 aliphatic heterocycles. The average molecular weight is 711 g/mol. The van der Waals surface area contributed by atoms with Crippen LogP contribution >= 0.6 is 0 Å². The summed E-state index contributed by atoms with van der Waals surface area (Å²) in [7, 11) is -0.624. The van der Waals surface area contributed by atoms with Gasteiger partial charge in [0, 0.05) is 30.3 Å². The SMILES string of the molecule is CC(C)(OC(=O)COc1cc(OCC(=O)OC(C)(C)c2ccc([N+](=O)[O-])cc2)cc([S+](c2ccccc2)c2ccccc2)c1)c1ccc(F)cc1. The van der Waals surface area contributed by atoms with Crippen molar-refractivity contribution in [3.05, 3.63) is 154 Å². The van der Waals surface area contributed by atoms with Gasteiger partial charge in [0.25, 0.3) is 5.69 Å². The number of nitro groups is 1. The Balaban J connectivity index is 1.38. The molecule has 0 aliphatic rings. The van der Waals surface area contributed by atoms with Gasteiger partial charge in [-0.05, 0) is 87.4 Å². The Labute approximate surface area is 298 Å². The molecular weight excluding hydrogens is 674 g/mol. The fourth-order valence-corrected chi connectivity index (χ4v) is 7.36. The zero-order valence-electron chi connectivity index (χ0n) is 28.5. The number of esters is 2. The highest BCUT2D eigenvalue weighted by atomic mass is 32.2. The number of rotatable bonds is 14. The van der Waals surface area contributed by atoms with Crippen molar-refractivity contribution in [2.45, 2.75) is 53.6 Å². The van der Waals surface area contributed by atoms with Crippen molar-refractivity contribution in [1.82, 2.24) is 0 Å². The molecule has 0 spiro atoms. The van der Waals surface area contributed by atoms with Crippen LogP contribution in [0.3, 0.4) is 0 Å². The van der Waals surface area contributed by atoms with Crippen LogP contribution in [-0.2, 0) is 41.2 Å². The molecule has 0 saturated carbocycles. The number of non-ortho nitro benzene ring substituents is 1. The molecule has 0 amide bonds. The predicted octanol–water partition coefficient (Wildman–Crippen LogP) is 8.54. The van der Waals surface area contributed by atoms with Crippen molar-refractivity contribution in [3.8, 4) is 11.5 Å². The van der Waals surface area contributed by atoms with E-state index in [9.17, 15) is 24.1 Å². The van der Waals surface area contributed by atoms with Gasteiger partial charge in [0.2, 0.25) is 0 Å². The van der Waals surface area contributed by atoms with Gasteiger partial charge in [-0.25, -0.2) is 14.0 Å². The van der Waals surface area contributed by atoms with Crippen molar-refractivity contribution in [1.29, 1.82) is 0 Å². The van der Waals surface area contributed by atoms with Crippen LogP contribution in [0.2, 0.25) is 0 Å². The topological polar surface area (TPSA) is 114 Å². The summed E-state index contributed by atoms with van der Waals surface area (Å²) in [6, 6.07) is 36.5. The minimum absolute atomic E-state index is 0.0722. The van der Waals surface area contributed by atoms with E-state index in [0.29, 0.717) is 22.6 Å². The number of halogens is 1. The van der Waals surface area contributed by atoms with E-state index < -0.39 is 58.0 Å². The Morgan fingerprint density at radius 3 is 1.45 bits per heavy atom. The number of ether oxygens (including phenoxy) is 4. The number of nitrogens with zero attached hydrogens (tertiary/aromatic N) is 1. The standard InChI is InChI=1S/C40H37FNO8S/c1-39(2,28-15-19-30(41)20-16-28)49-37(43)26-47-32-23-33(48-27-38(44)50-40(3,4)29-17-21-31(22-18-29)42(45)46)25-36(24-32)51(34-11-7-5-8-12-34)35-13-9-6-10-14-35/h5-25H,26-27H2,1-4H3/q+1. The van der Waals surface area contributed by atoms with Crippen LogP contribution < -0.4 is 9.47 Å². The van der Waals surface area contributed by atoms with Crippen LogP contribution in [0.15, 0.2) is 142 Å². The van der Waals surface area contributed by atoms with Crippen LogP contribution in [0.25, 0.3) is 0 Å². The van der Waals surface area contributed by atoms with Crippen LogP contribution in [0.4, 0.5) is 10.1 Å². The molecule has 0 N–H and O–H groups in total. The minimum Gasteiger partial charge on any atom is -0.482 e. The fourth-order valence-electron chi connectivity index (χ4n) is 5.22. The van der Waals surface area contributed by atoms with E-state index in [1.807, 2.05) is 72.8 Å². The molecule has 0 unspecified atom stereocenters. The van der Waals surface area contributed by atoms with E-state index in [1.54, 1.807) is 58.0 Å². The molecule has 0 fully saturated rings. The highest BCUT2D eigenvalue weighted by molar-refractivity contribution is 7.97. The summed E-state index contributed by atoms with van der Waals surface area (Å²) >= 11 is 0. The van der Waals surface area contributed by atoms with Crippen LogP contribution in [0.5, 0.6) is 11.5 Å². The van der Waals surface area contributed by atoms with E-state index >= 15 is 0 Å². The second-order valence-electron chi connectivity index (χ2n) is 12.4. The monoisotopic (exact) mass is 710 g/mol. The van der Waals surface area contributed by atoms with Crippen molar-refractivity contribution in [3.63, 3.8) is 0 Å². The summed E-state index contributed by atoms with van der Waals surface area (Å²) in [5.41, 5.74) is -1.02. The zero-order valence-corrected chi connectivity index (χ0v) is 29.4. The molecule has 9 nitrogen and oxygen atoms in total. The van der Waals surface area contributed by atoms with E-state index in [2.05, 4.69) is 0 Å². The predicted molar refractivity (Wildman–Crippen MR) is 190 cm³/mol. The number of benzene rings is 5. The Kier molecular flexibility index (Phi) is 11.4. The number of hydrogen-bond acceptors (Lipinski definition) is 8. The molecule has 0 aliphatic carbocycles. The summed E-state index contributed by atoms with van der Waals surface area (Å²) in [5.74, 6) is -1.09. The van der Waals surface area contributed by atoms with Gasteiger partial charge in [0.15, 0.2) is 27.9 Å². The van der Waals surface area contributed by atoms with E-state index in [0.717, 1.165) is 14.7 Å². The van der Waals surface area contributed by atoms with E-state index in [-0.39, 0.29) is 5.69 Å². The van der Waals surface area contributed by atoms with Crippen LogP contribution in [0, 0.1) is 15.9 Å². The second kappa shape index (κ2) is 15.9. The maximum absolute atomic E-state index is 13.5. The lowest BCUT2D eigenvalue weighted by Crippen LogP contribution is -2.29. The number of carbonyl (C=O) groups excluding carboxylic acids is 2. The molecule has 51 heavy (non-hydrogen) atoms. The quantitative estimate of drug-likeness (QED) is 0.0488. The first-order valence-electron chi connectivity index (χ1n) is 16.0. The lowest BCUT2D eigenvalue weighted by molar-refractivity contribution is -0.384. The van der Waals surface area contributed by atoms with Crippen molar-refractivity contribution >= 4 is 28.5 Å². The van der Waals surface area contributed by atoms with Crippen LogP contribution in [0.1, 0.15) is 38.8 Å². The van der Waals surface area contributed by atoms with E-state index in [1.165, 1.54) is 24.3 Å². The zero-order chi connectivity index (χ0) is 36.6. The first kappa shape index (κ1) is 36.6. The highest BCUT2D eigenvalue weighted by Gasteiger charge is 2.31. The number of hydrogen-bond donors (Lipinski definition) is 0. The third-order valence-electron chi connectivity index (χ3n) is 7.81. The first-order valence-corrected chi connectivity index (χ1v) is 17.2. The third kappa shape index (κ3) is 9.73. The summed E-state index contributed by atoms with van der Waals surface area (Å²) in [6.45, 7) is 5.90. The molecule has 0 radical (unpaired) electrons. The number of nitro benzene ring substituents is 1. The molecule has 0 atom stereocenters. The Hall–Kier alpha value is -5.68. The molecule has 0 bridgehead atoms. The smallest absolute Gasteiger partial charge is 0.345 e. The molecule has 5 aromatic carbocycles. The van der Waals surface area contributed by atoms with Gasteiger partial charge in [0.1, 0.15) is 28.5 Å². The van der Waals surface area contributed by atoms with Crippen LogP contribution in [-0.4, -0.2) is 30.1 Å². The average Bonchev–Trinajstić information content (AvgIpc) is 3.11. The Morgan fingerprint density at radius 1 is 0.627 bits per heavy atom. The maximum Gasteiger partial charge on any atom is 0.345 e. The van der Waals surface area contributed by atoms with Crippen molar-refractivity contribution < 1.29 is 37.9 Å². The largest absolute Gasteiger partial charge is 0.482 e. The van der Waals surface area contributed by atoms with Gasteiger partial charge < -0.3 is 18.9 Å². The number of carbonyl (C=O) groups is 2. The first-order chi connectivity index (χ1) is 24.3. The molecule has 0 aromatic heterocycles. The van der Waals surface area contributed by atoms with Crippen molar-refractivity contribution in [2.24, 2.45) is 0 Å². The molecule has 0 saturated heterocycles. The lowest BCUT2D eigenvalue weighted by Gasteiger charge is -2.26. The molecule has 0 heterocycles. The fraction of sp³-hybridized carbons (Fsp3) is 0.200. The van der Waals surface area contributed by atoms with Crippen molar-refractivity contribution in [2.75, 3.05) is 13.2 Å². The second-order valence-corrected chi connectivity index (χ2v) is 14.5. The minimum atomic E-state index is -1.10. The summed E-state index contributed by atoms with van der Waals surface area (Å²) in [4.78, 5) is 39.5. The maximum atomic E-state index is 13.5. The van der Waals surface area contributed by atoms with Gasteiger partial charge in [0.05, 0.1) is 15.8 Å². The van der Waals surface area contributed by atoms with Gasteiger partial charge in [-0.2, -0.15) is 0 Å². The molecule has 5 rings (SSSR count). The lowest BCUT2D eigenvalue weighted by atomic mass is 9.98.